The van der Waals surface area contributed by atoms with E-state index in [1.54, 1.807) is 12.1 Å². The minimum atomic E-state index is -0.430. The van der Waals surface area contributed by atoms with Crippen LogP contribution in [0.1, 0.15) is 18.4 Å². The van der Waals surface area contributed by atoms with Gasteiger partial charge in [-0.1, -0.05) is 12.1 Å². The van der Waals surface area contributed by atoms with Crippen LogP contribution >= 0.6 is 0 Å². The van der Waals surface area contributed by atoms with Gasteiger partial charge in [-0.3, -0.25) is 0 Å². The molecule has 0 aromatic heterocycles. The molecule has 0 aliphatic carbocycles. The molecule has 0 radical (unpaired) electrons. The molecule has 0 spiro atoms. The van der Waals surface area contributed by atoms with Crippen molar-refractivity contribution in [3.63, 3.8) is 0 Å². The van der Waals surface area contributed by atoms with E-state index in [4.69, 9.17) is 9.84 Å². The number of hydrogen-bond donors (Lipinski definition) is 1. The van der Waals surface area contributed by atoms with Crippen molar-refractivity contribution >= 4 is 0 Å². The minimum absolute atomic E-state index is 0.159. The average Bonchev–Trinajstić information content (AvgIpc) is 2.26. The van der Waals surface area contributed by atoms with Crippen LogP contribution in [-0.2, 0) is 6.61 Å². The summed E-state index contributed by atoms with van der Waals surface area (Å²) in [5.74, 6) is -0.198. The molecule has 0 aliphatic heterocycles. The Morgan fingerprint density at radius 3 is 2.87 bits per heavy atom. The van der Waals surface area contributed by atoms with Crippen LogP contribution in [0.5, 0.6) is 5.75 Å². The Morgan fingerprint density at radius 2 is 2.27 bits per heavy atom. The van der Waals surface area contributed by atoms with Crippen molar-refractivity contribution in [3.8, 4) is 5.75 Å². The average molecular weight is 210 g/mol. The molecule has 1 N–H and O–H groups in total. The Labute approximate surface area is 89.0 Å². The van der Waals surface area contributed by atoms with E-state index in [1.807, 2.05) is 0 Å². The minimum Gasteiger partial charge on any atom is -0.491 e. The zero-order chi connectivity index (χ0) is 11.1. The summed E-state index contributed by atoms with van der Waals surface area (Å²) in [5.41, 5.74) is 0.547. The van der Waals surface area contributed by atoms with Crippen LogP contribution < -0.4 is 4.74 Å². The summed E-state index contributed by atoms with van der Waals surface area (Å²) in [4.78, 5) is 0. The van der Waals surface area contributed by atoms with Crippen LogP contribution in [0, 0.1) is 5.82 Å². The number of halogens is 1. The first-order chi connectivity index (χ1) is 7.27. The Hall–Kier alpha value is -1.35. The van der Waals surface area contributed by atoms with Gasteiger partial charge in [0, 0.05) is 0 Å². The van der Waals surface area contributed by atoms with E-state index >= 15 is 0 Å². The largest absolute Gasteiger partial charge is 0.491 e. The number of aliphatic hydroxyl groups is 1. The topological polar surface area (TPSA) is 29.5 Å². The first-order valence-corrected chi connectivity index (χ1v) is 4.91. The molecule has 0 bridgehead atoms. The molecule has 0 saturated carbocycles. The van der Waals surface area contributed by atoms with E-state index in [-0.39, 0.29) is 12.4 Å². The highest BCUT2D eigenvalue weighted by Crippen LogP contribution is 2.18. The fourth-order valence-corrected chi connectivity index (χ4v) is 1.17. The fourth-order valence-electron chi connectivity index (χ4n) is 1.17. The van der Waals surface area contributed by atoms with Crippen LogP contribution in [0.25, 0.3) is 0 Å². The second-order valence-electron chi connectivity index (χ2n) is 3.20. The van der Waals surface area contributed by atoms with Crippen molar-refractivity contribution in [2.75, 3.05) is 6.61 Å². The molecule has 1 aromatic carbocycles. The van der Waals surface area contributed by atoms with Gasteiger partial charge in [0.1, 0.15) is 0 Å². The van der Waals surface area contributed by atoms with Gasteiger partial charge in [-0.2, -0.15) is 0 Å². The second kappa shape index (κ2) is 6.19. The van der Waals surface area contributed by atoms with E-state index < -0.39 is 5.82 Å². The summed E-state index contributed by atoms with van der Waals surface area (Å²) >= 11 is 0. The summed E-state index contributed by atoms with van der Waals surface area (Å²) in [5, 5.41) is 8.78. The Morgan fingerprint density at radius 1 is 1.47 bits per heavy atom. The van der Waals surface area contributed by atoms with Crippen LogP contribution in [-0.4, -0.2) is 11.7 Å². The van der Waals surface area contributed by atoms with E-state index in [2.05, 4.69) is 6.58 Å². The standard InChI is InChI=1S/C12H15FO2/c1-2-3-4-7-15-12-6-5-10(9-14)8-11(12)13/h2,5-6,8,14H,1,3-4,7,9H2. The molecule has 0 fully saturated rings. The highest BCUT2D eigenvalue weighted by Gasteiger charge is 2.03. The molecule has 2 nitrogen and oxygen atoms in total. The number of benzene rings is 1. The van der Waals surface area contributed by atoms with Crippen molar-refractivity contribution in [2.45, 2.75) is 19.4 Å². The zero-order valence-electron chi connectivity index (χ0n) is 8.58. The highest BCUT2D eigenvalue weighted by molar-refractivity contribution is 5.28. The van der Waals surface area contributed by atoms with Gasteiger partial charge >= 0.3 is 0 Å². The Bertz CT molecular complexity index is 323. The first kappa shape index (κ1) is 11.7. The van der Waals surface area contributed by atoms with Crippen LogP contribution in [0.15, 0.2) is 30.9 Å². The molecule has 0 atom stereocenters. The number of unbranched alkanes of at least 4 members (excludes halogenated alkanes) is 1. The number of aliphatic hydroxyl groups excluding tert-OH is 1. The number of rotatable bonds is 6. The van der Waals surface area contributed by atoms with Gasteiger partial charge in [-0.25, -0.2) is 4.39 Å². The summed E-state index contributed by atoms with van der Waals surface area (Å²) < 4.78 is 18.5. The van der Waals surface area contributed by atoms with Crippen LogP contribution in [0.3, 0.4) is 0 Å². The summed E-state index contributed by atoms with van der Waals surface area (Å²) in [6.45, 7) is 3.90. The highest BCUT2D eigenvalue weighted by atomic mass is 19.1. The Balaban J connectivity index is 2.50. The molecule has 0 saturated heterocycles. The predicted molar refractivity (Wildman–Crippen MR) is 57.2 cm³/mol. The third-order valence-corrected chi connectivity index (χ3v) is 1.99. The van der Waals surface area contributed by atoms with E-state index in [1.165, 1.54) is 12.1 Å². The number of allylic oxidation sites excluding steroid dienone is 1. The second-order valence-corrected chi connectivity index (χ2v) is 3.20. The summed E-state index contributed by atoms with van der Waals surface area (Å²) in [7, 11) is 0. The quantitative estimate of drug-likeness (QED) is 0.577. The molecular weight excluding hydrogens is 195 g/mol. The van der Waals surface area contributed by atoms with E-state index in [0.29, 0.717) is 12.2 Å². The molecule has 0 unspecified atom stereocenters. The molecule has 0 heterocycles. The summed E-state index contributed by atoms with van der Waals surface area (Å²) in [6, 6.07) is 4.46. The SMILES string of the molecule is C=CCCCOc1ccc(CO)cc1F. The molecule has 0 amide bonds. The van der Waals surface area contributed by atoms with Gasteiger partial charge < -0.3 is 9.84 Å². The van der Waals surface area contributed by atoms with Crippen molar-refractivity contribution in [3.05, 3.63) is 42.2 Å². The monoisotopic (exact) mass is 210 g/mol. The van der Waals surface area contributed by atoms with Crippen molar-refractivity contribution in [1.82, 2.24) is 0 Å². The third kappa shape index (κ3) is 3.72. The van der Waals surface area contributed by atoms with Crippen molar-refractivity contribution in [1.29, 1.82) is 0 Å². The molecule has 3 heteroatoms. The van der Waals surface area contributed by atoms with Gasteiger partial charge in [-0.15, -0.1) is 6.58 Å². The van der Waals surface area contributed by atoms with Gasteiger partial charge in [-0.05, 0) is 30.5 Å². The van der Waals surface area contributed by atoms with Crippen molar-refractivity contribution < 1.29 is 14.2 Å². The lowest BCUT2D eigenvalue weighted by Gasteiger charge is -2.07. The maximum absolute atomic E-state index is 13.3. The molecular formula is C12H15FO2. The van der Waals surface area contributed by atoms with Gasteiger partial charge in [0.05, 0.1) is 13.2 Å². The van der Waals surface area contributed by atoms with Crippen LogP contribution in [0.4, 0.5) is 4.39 Å². The molecule has 15 heavy (non-hydrogen) atoms. The number of hydrogen-bond acceptors (Lipinski definition) is 2. The molecule has 0 aliphatic rings. The zero-order valence-corrected chi connectivity index (χ0v) is 8.58. The fraction of sp³-hybridized carbons (Fsp3) is 0.333. The molecule has 1 aromatic rings. The Kier molecular flexibility index (Phi) is 4.84. The maximum atomic E-state index is 13.3. The third-order valence-electron chi connectivity index (χ3n) is 1.99. The van der Waals surface area contributed by atoms with E-state index in [9.17, 15) is 4.39 Å². The van der Waals surface area contributed by atoms with Crippen molar-refractivity contribution in [2.24, 2.45) is 0 Å². The lowest BCUT2D eigenvalue weighted by molar-refractivity contribution is 0.278. The number of ether oxygens (including phenoxy) is 1. The summed E-state index contributed by atoms with van der Waals surface area (Å²) in [6.07, 6.45) is 3.48. The normalized spacial score (nSPS) is 10.0. The van der Waals surface area contributed by atoms with Crippen LogP contribution in [0.2, 0.25) is 0 Å². The maximum Gasteiger partial charge on any atom is 0.165 e. The lowest BCUT2D eigenvalue weighted by Crippen LogP contribution is -1.99. The van der Waals surface area contributed by atoms with Gasteiger partial charge in [0.25, 0.3) is 0 Å². The molecule has 82 valence electrons. The smallest absolute Gasteiger partial charge is 0.165 e. The lowest BCUT2D eigenvalue weighted by atomic mass is 10.2. The first-order valence-electron chi connectivity index (χ1n) is 4.91. The van der Waals surface area contributed by atoms with Gasteiger partial charge in [0.2, 0.25) is 0 Å². The predicted octanol–water partition coefficient (Wildman–Crippen LogP) is 2.66. The molecule has 1 rings (SSSR count). The van der Waals surface area contributed by atoms with E-state index in [0.717, 1.165) is 12.8 Å². The van der Waals surface area contributed by atoms with Gasteiger partial charge in [0.15, 0.2) is 11.6 Å².